The van der Waals surface area contributed by atoms with E-state index in [-0.39, 0.29) is 30.8 Å². The van der Waals surface area contributed by atoms with Gasteiger partial charge in [-0.25, -0.2) is 4.39 Å². The van der Waals surface area contributed by atoms with Crippen LogP contribution in [0, 0.1) is 5.82 Å². The first kappa shape index (κ1) is 26.4. The second-order valence-electron chi connectivity index (χ2n) is 9.34. The predicted molar refractivity (Wildman–Crippen MR) is 138 cm³/mol. The van der Waals surface area contributed by atoms with Crippen molar-refractivity contribution in [3.63, 3.8) is 0 Å². The van der Waals surface area contributed by atoms with Crippen molar-refractivity contribution in [1.29, 1.82) is 0 Å². The van der Waals surface area contributed by atoms with Crippen molar-refractivity contribution in [2.24, 2.45) is 0 Å². The summed E-state index contributed by atoms with van der Waals surface area (Å²) in [5.41, 5.74) is 1.35. The Morgan fingerprint density at radius 1 is 0.943 bits per heavy atom. The number of nitrogens with zero attached hydrogens (tertiary/aromatic N) is 1. The van der Waals surface area contributed by atoms with Gasteiger partial charge in [-0.05, 0) is 68.3 Å². The summed E-state index contributed by atoms with van der Waals surface area (Å²) in [4.78, 5) is 28.5. The van der Waals surface area contributed by atoms with Gasteiger partial charge in [-0.15, -0.1) is 0 Å². The van der Waals surface area contributed by atoms with Crippen LogP contribution in [-0.4, -0.2) is 34.9 Å². The zero-order valence-electron chi connectivity index (χ0n) is 20.1. The Balaban J connectivity index is 1.91. The number of hydrogen-bond donors (Lipinski definition) is 1. The minimum atomic E-state index is -0.760. The van der Waals surface area contributed by atoms with Gasteiger partial charge in [0.25, 0.3) is 5.91 Å². The minimum absolute atomic E-state index is 0.230. The molecule has 1 atom stereocenters. The summed E-state index contributed by atoms with van der Waals surface area (Å²) in [6, 6.07) is 21.9. The van der Waals surface area contributed by atoms with Gasteiger partial charge in [0.1, 0.15) is 17.6 Å². The molecule has 0 aliphatic rings. The van der Waals surface area contributed by atoms with Crippen LogP contribution in [0.1, 0.15) is 31.9 Å². The fraction of sp³-hybridized carbons (Fsp3) is 0.286. The molecule has 0 unspecified atom stereocenters. The molecule has 0 fully saturated rings. The van der Waals surface area contributed by atoms with Gasteiger partial charge in [-0.2, -0.15) is 0 Å². The number of nitrogens with one attached hydrogen (secondary N) is 1. The molecule has 0 saturated carbocycles. The average molecular weight is 541 g/mol. The van der Waals surface area contributed by atoms with Crippen molar-refractivity contribution in [2.75, 3.05) is 6.61 Å². The molecule has 0 radical (unpaired) electrons. The van der Waals surface area contributed by atoms with Crippen molar-refractivity contribution in [3.05, 3.63) is 100 Å². The van der Waals surface area contributed by atoms with Gasteiger partial charge in [0.05, 0.1) is 0 Å². The molecule has 7 heteroatoms. The van der Waals surface area contributed by atoms with Crippen molar-refractivity contribution >= 4 is 27.7 Å². The van der Waals surface area contributed by atoms with E-state index in [1.165, 1.54) is 24.3 Å². The summed E-state index contributed by atoms with van der Waals surface area (Å²) in [5.74, 6) is -0.597. The fourth-order valence-corrected chi connectivity index (χ4v) is 3.82. The van der Waals surface area contributed by atoms with E-state index in [0.717, 1.165) is 15.6 Å². The molecule has 0 heterocycles. The van der Waals surface area contributed by atoms with Crippen molar-refractivity contribution in [2.45, 2.75) is 45.3 Å². The number of ether oxygens (including phenoxy) is 1. The van der Waals surface area contributed by atoms with Gasteiger partial charge in [-0.1, -0.05) is 58.4 Å². The number of halogens is 2. The van der Waals surface area contributed by atoms with Gasteiger partial charge in [-0.3, -0.25) is 9.59 Å². The van der Waals surface area contributed by atoms with Crippen molar-refractivity contribution < 1.29 is 18.7 Å². The molecule has 0 saturated heterocycles. The van der Waals surface area contributed by atoms with E-state index in [2.05, 4.69) is 21.2 Å². The average Bonchev–Trinajstić information content (AvgIpc) is 2.81. The molecule has 0 aliphatic heterocycles. The van der Waals surface area contributed by atoms with Crippen LogP contribution in [0.4, 0.5) is 4.39 Å². The monoisotopic (exact) mass is 540 g/mol. The summed E-state index contributed by atoms with van der Waals surface area (Å²) in [6.45, 7) is 5.67. The maximum atomic E-state index is 13.5. The Morgan fingerprint density at radius 2 is 1.57 bits per heavy atom. The Bertz CT molecular complexity index is 1110. The Morgan fingerprint density at radius 3 is 2.17 bits per heavy atom. The molecular weight excluding hydrogens is 511 g/mol. The van der Waals surface area contributed by atoms with E-state index in [1.807, 2.05) is 75.4 Å². The number of benzene rings is 3. The first-order chi connectivity index (χ1) is 16.6. The lowest BCUT2D eigenvalue weighted by atomic mass is 10.0. The van der Waals surface area contributed by atoms with E-state index in [4.69, 9.17) is 4.74 Å². The van der Waals surface area contributed by atoms with Crippen LogP contribution >= 0.6 is 15.9 Å². The van der Waals surface area contributed by atoms with Crippen LogP contribution < -0.4 is 10.1 Å². The van der Waals surface area contributed by atoms with Gasteiger partial charge in [0.2, 0.25) is 5.91 Å². The van der Waals surface area contributed by atoms with E-state index < -0.39 is 11.6 Å². The summed E-state index contributed by atoms with van der Waals surface area (Å²) >= 11 is 3.43. The third kappa shape index (κ3) is 8.51. The molecule has 3 aromatic carbocycles. The molecule has 184 valence electrons. The number of hydrogen-bond acceptors (Lipinski definition) is 3. The molecule has 0 bridgehead atoms. The summed E-state index contributed by atoms with van der Waals surface area (Å²) < 4.78 is 19.8. The molecule has 3 rings (SSSR count). The van der Waals surface area contributed by atoms with Crippen molar-refractivity contribution in [3.8, 4) is 5.75 Å². The fourth-order valence-electron chi connectivity index (χ4n) is 3.55. The molecule has 5 nitrogen and oxygen atoms in total. The highest BCUT2D eigenvalue weighted by Crippen LogP contribution is 2.19. The van der Waals surface area contributed by atoms with E-state index in [0.29, 0.717) is 12.2 Å². The van der Waals surface area contributed by atoms with Crippen LogP contribution in [0.3, 0.4) is 0 Å². The molecule has 0 aromatic heterocycles. The number of carbonyl (C=O) groups excluding carboxylic acids is 2. The van der Waals surface area contributed by atoms with Gasteiger partial charge in [0.15, 0.2) is 6.61 Å². The van der Waals surface area contributed by atoms with Gasteiger partial charge in [0, 0.05) is 23.0 Å². The zero-order valence-corrected chi connectivity index (χ0v) is 21.7. The lowest BCUT2D eigenvalue weighted by Gasteiger charge is -2.33. The smallest absolute Gasteiger partial charge is 0.261 e. The normalized spacial score (nSPS) is 12.0. The van der Waals surface area contributed by atoms with Gasteiger partial charge >= 0.3 is 0 Å². The van der Waals surface area contributed by atoms with Crippen LogP contribution in [0.15, 0.2) is 83.3 Å². The van der Waals surface area contributed by atoms with E-state index >= 15 is 0 Å². The highest BCUT2D eigenvalue weighted by molar-refractivity contribution is 9.10. The summed E-state index contributed by atoms with van der Waals surface area (Å²) in [5, 5.41) is 3.03. The third-order valence-corrected chi connectivity index (χ3v) is 5.74. The standard InChI is InChI=1S/C28H30BrFN2O3/c1-28(2,3)31-27(34)25(17-20-7-5-4-6-8-20)32(18-21-9-11-22(29)12-10-21)26(33)19-35-24-15-13-23(30)14-16-24/h4-16,25H,17-19H2,1-3H3,(H,31,34)/t25-/m1/s1. The SMILES string of the molecule is CC(C)(C)NC(=O)[C@@H](Cc1ccccc1)N(Cc1ccc(Br)cc1)C(=O)COc1ccc(F)cc1. The van der Waals surface area contributed by atoms with Crippen LogP contribution in [0.25, 0.3) is 0 Å². The Labute approximate surface area is 214 Å². The van der Waals surface area contributed by atoms with E-state index in [1.54, 1.807) is 4.90 Å². The quantitative estimate of drug-likeness (QED) is 0.388. The van der Waals surface area contributed by atoms with Crippen LogP contribution in [0.2, 0.25) is 0 Å². The highest BCUT2D eigenvalue weighted by Gasteiger charge is 2.32. The highest BCUT2D eigenvalue weighted by atomic mass is 79.9. The van der Waals surface area contributed by atoms with Crippen LogP contribution in [-0.2, 0) is 22.6 Å². The first-order valence-electron chi connectivity index (χ1n) is 11.4. The largest absolute Gasteiger partial charge is 0.484 e. The van der Waals surface area contributed by atoms with Gasteiger partial charge < -0.3 is 15.0 Å². The minimum Gasteiger partial charge on any atom is -0.484 e. The molecule has 0 spiro atoms. The maximum Gasteiger partial charge on any atom is 0.261 e. The number of amides is 2. The molecule has 35 heavy (non-hydrogen) atoms. The summed E-state index contributed by atoms with van der Waals surface area (Å²) in [6.07, 6.45) is 0.349. The molecule has 3 aromatic rings. The topological polar surface area (TPSA) is 58.6 Å². The Kier molecular flexibility index (Phi) is 9.04. The first-order valence-corrected chi connectivity index (χ1v) is 12.2. The van der Waals surface area contributed by atoms with Crippen molar-refractivity contribution in [1.82, 2.24) is 10.2 Å². The van der Waals surface area contributed by atoms with E-state index in [9.17, 15) is 14.0 Å². The second kappa shape index (κ2) is 12.0. The molecule has 2 amide bonds. The molecule has 1 N–H and O–H groups in total. The lowest BCUT2D eigenvalue weighted by molar-refractivity contribution is -0.143. The second-order valence-corrected chi connectivity index (χ2v) is 10.3. The third-order valence-electron chi connectivity index (χ3n) is 5.21. The zero-order chi connectivity index (χ0) is 25.4. The van der Waals surface area contributed by atoms with Crippen LogP contribution in [0.5, 0.6) is 5.75 Å². The predicted octanol–water partition coefficient (Wildman–Crippen LogP) is 5.52. The molecular formula is C28H30BrFN2O3. The Hall–Kier alpha value is -3.19. The maximum absolute atomic E-state index is 13.5. The molecule has 0 aliphatic carbocycles. The number of rotatable bonds is 9. The number of carbonyl (C=O) groups is 2. The summed E-state index contributed by atoms with van der Waals surface area (Å²) in [7, 11) is 0. The lowest BCUT2D eigenvalue weighted by Crippen LogP contribution is -2.55.